The Morgan fingerprint density at radius 3 is 2.40 bits per heavy atom. The number of benzene rings is 4. The maximum Gasteiger partial charge on any atom is 0.271 e. The zero-order chi connectivity index (χ0) is 30.6. The summed E-state index contributed by atoms with van der Waals surface area (Å²) in [7, 11) is 1.42. The number of halogens is 2. The predicted octanol–water partition coefficient (Wildman–Crippen LogP) is 6.25. The molecule has 4 aromatic carbocycles. The molecule has 0 unspecified atom stereocenters. The molecule has 0 heterocycles. The third kappa shape index (κ3) is 8.95. The standard InChI is InChI=1S/C32H29ClFN3O6/c1-3-41-28-17-23(9-14-27(28)42-19-21-7-5-4-6-8-21)32(39)37-35-18-22-15-26(33)31(29(16-22)40-2)43-20-30(38)36-25-12-10-24(34)11-13-25/h4-18H,3,19-20H2,1-2H3,(H,36,38)(H,37,39)/b35-18+. The third-order valence-corrected chi connectivity index (χ3v) is 6.13. The number of hydrogen-bond donors (Lipinski definition) is 2. The Balaban J connectivity index is 1.36. The van der Waals surface area contributed by atoms with E-state index >= 15 is 0 Å². The predicted molar refractivity (Wildman–Crippen MR) is 162 cm³/mol. The summed E-state index contributed by atoms with van der Waals surface area (Å²) in [4.78, 5) is 25.0. The van der Waals surface area contributed by atoms with Crippen LogP contribution in [0, 0.1) is 5.82 Å². The highest BCUT2D eigenvalue weighted by Crippen LogP contribution is 2.36. The first-order chi connectivity index (χ1) is 20.9. The molecule has 11 heteroatoms. The van der Waals surface area contributed by atoms with E-state index in [-0.39, 0.29) is 23.1 Å². The Labute approximate surface area is 253 Å². The highest BCUT2D eigenvalue weighted by molar-refractivity contribution is 6.32. The number of carbonyl (C=O) groups is 2. The van der Waals surface area contributed by atoms with Crippen molar-refractivity contribution in [3.8, 4) is 23.0 Å². The van der Waals surface area contributed by atoms with Gasteiger partial charge in [-0.15, -0.1) is 0 Å². The molecule has 0 saturated heterocycles. The Morgan fingerprint density at radius 1 is 0.907 bits per heavy atom. The Hall–Kier alpha value is -5.09. The number of rotatable bonds is 13. The number of hydrogen-bond acceptors (Lipinski definition) is 7. The Bertz CT molecular complexity index is 1580. The largest absolute Gasteiger partial charge is 0.493 e. The molecule has 2 amide bonds. The molecule has 0 aliphatic rings. The lowest BCUT2D eigenvalue weighted by atomic mass is 10.2. The number of carbonyl (C=O) groups excluding carboxylic acids is 2. The molecule has 4 rings (SSSR count). The first-order valence-corrected chi connectivity index (χ1v) is 13.6. The quantitative estimate of drug-likeness (QED) is 0.138. The minimum Gasteiger partial charge on any atom is -0.493 e. The second-order valence-electron chi connectivity index (χ2n) is 8.95. The second-order valence-corrected chi connectivity index (χ2v) is 9.35. The van der Waals surface area contributed by atoms with E-state index in [1.807, 2.05) is 37.3 Å². The van der Waals surface area contributed by atoms with E-state index in [1.54, 1.807) is 30.3 Å². The molecule has 0 aliphatic heterocycles. The molecule has 222 valence electrons. The van der Waals surface area contributed by atoms with Gasteiger partial charge in [0, 0.05) is 11.3 Å². The van der Waals surface area contributed by atoms with E-state index in [2.05, 4.69) is 15.8 Å². The molecule has 4 aromatic rings. The van der Waals surface area contributed by atoms with Crippen LogP contribution in [0.1, 0.15) is 28.4 Å². The van der Waals surface area contributed by atoms with Crippen molar-refractivity contribution in [2.45, 2.75) is 13.5 Å². The highest BCUT2D eigenvalue weighted by atomic mass is 35.5. The van der Waals surface area contributed by atoms with Gasteiger partial charge in [0.05, 0.1) is 25.0 Å². The van der Waals surface area contributed by atoms with Crippen LogP contribution in [0.2, 0.25) is 5.02 Å². The number of methoxy groups -OCH3 is 1. The number of nitrogens with one attached hydrogen (secondary N) is 2. The van der Waals surface area contributed by atoms with Crippen LogP contribution in [0.4, 0.5) is 10.1 Å². The summed E-state index contributed by atoms with van der Waals surface area (Å²) in [5.74, 6) is 0.0122. The summed E-state index contributed by atoms with van der Waals surface area (Å²) in [5, 5.41) is 6.78. The van der Waals surface area contributed by atoms with Crippen LogP contribution < -0.4 is 29.7 Å². The number of nitrogens with zero attached hydrogens (tertiary/aromatic N) is 1. The SMILES string of the molecule is CCOc1cc(C(=O)N/N=C/c2cc(Cl)c(OCC(=O)Nc3ccc(F)cc3)c(OC)c2)ccc1OCc1ccccc1. The van der Waals surface area contributed by atoms with Crippen LogP contribution in [-0.2, 0) is 11.4 Å². The van der Waals surface area contributed by atoms with Gasteiger partial charge < -0.3 is 24.3 Å². The van der Waals surface area contributed by atoms with Crippen molar-refractivity contribution < 1.29 is 32.9 Å². The number of anilines is 1. The van der Waals surface area contributed by atoms with E-state index in [1.165, 1.54) is 37.6 Å². The maximum atomic E-state index is 13.1. The summed E-state index contributed by atoms with van der Waals surface area (Å²) < 4.78 is 35.6. The molecule has 0 aliphatic carbocycles. The maximum absolute atomic E-state index is 13.1. The molecule has 0 aromatic heterocycles. The molecular weight excluding hydrogens is 577 g/mol. The first kappa shape index (κ1) is 30.9. The summed E-state index contributed by atoms with van der Waals surface area (Å²) in [6.45, 7) is 2.23. The van der Waals surface area contributed by atoms with E-state index < -0.39 is 17.6 Å². The van der Waals surface area contributed by atoms with Gasteiger partial charge in [0.25, 0.3) is 11.8 Å². The van der Waals surface area contributed by atoms with Gasteiger partial charge in [-0.25, -0.2) is 9.82 Å². The van der Waals surface area contributed by atoms with E-state index in [9.17, 15) is 14.0 Å². The van der Waals surface area contributed by atoms with E-state index in [0.29, 0.717) is 41.5 Å². The molecule has 0 bridgehead atoms. The molecular formula is C32H29ClFN3O6. The molecule has 0 saturated carbocycles. The first-order valence-electron chi connectivity index (χ1n) is 13.2. The minimum atomic E-state index is -0.471. The zero-order valence-electron chi connectivity index (χ0n) is 23.4. The van der Waals surface area contributed by atoms with Crippen molar-refractivity contribution in [3.05, 3.63) is 112 Å². The lowest BCUT2D eigenvalue weighted by Gasteiger charge is -2.13. The Morgan fingerprint density at radius 2 is 1.67 bits per heavy atom. The van der Waals surface area contributed by atoms with Crippen molar-refractivity contribution in [1.29, 1.82) is 0 Å². The van der Waals surface area contributed by atoms with Gasteiger partial charge in [-0.1, -0.05) is 41.9 Å². The van der Waals surface area contributed by atoms with Crippen LogP contribution in [0.25, 0.3) is 0 Å². The molecule has 0 radical (unpaired) electrons. The molecule has 0 fully saturated rings. The summed E-state index contributed by atoms with van der Waals surface area (Å²) >= 11 is 6.39. The average Bonchev–Trinajstić information content (AvgIpc) is 3.01. The smallest absolute Gasteiger partial charge is 0.271 e. The number of ether oxygens (including phenoxy) is 4. The highest BCUT2D eigenvalue weighted by Gasteiger charge is 2.15. The molecule has 0 atom stereocenters. The van der Waals surface area contributed by atoms with Crippen LogP contribution in [0.15, 0.2) is 90.0 Å². The fraction of sp³-hybridized carbons (Fsp3) is 0.156. The van der Waals surface area contributed by atoms with Crippen LogP contribution >= 0.6 is 11.6 Å². The molecule has 9 nitrogen and oxygen atoms in total. The van der Waals surface area contributed by atoms with Crippen molar-refractivity contribution in [2.24, 2.45) is 5.10 Å². The number of amides is 2. The molecule has 43 heavy (non-hydrogen) atoms. The number of hydrazone groups is 1. The topological polar surface area (TPSA) is 107 Å². The monoisotopic (exact) mass is 605 g/mol. The van der Waals surface area contributed by atoms with Gasteiger partial charge in [0.15, 0.2) is 29.6 Å². The molecule has 0 spiro atoms. The van der Waals surface area contributed by atoms with Crippen molar-refractivity contribution in [2.75, 3.05) is 25.6 Å². The van der Waals surface area contributed by atoms with Gasteiger partial charge in [0.2, 0.25) is 0 Å². The van der Waals surface area contributed by atoms with Gasteiger partial charge >= 0.3 is 0 Å². The average molecular weight is 606 g/mol. The lowest BCUT2D eigenvalue weighted by Crippen LogP contribution is -2.20. The van der Waals surface area contributed by atoms with E-state index in [0.717, 1.165) is 5.56 Å². The van der Waals surface area contributed by atoms with Crippen molar-refractivity contribution >= 4 is 35.3 Å². The second kappa shape index (κ2) is 15.2. The zero-order valence-corrected chi connectivity index (χ0v) is 24.2. The fourth-order valence-corrected chi connectivity index (χ4v) is 4.10. The third-order valence-electron chi connectivity index (χ3n) is 5.85. The van der Waals surface area contributed by atoms with Gasteiger partial charge in [0.1, 0.15) is 12.4 Å². The van der Waals surface area contributed by atoms with Gasteiger partial charge in [-0.05, 0) is 72.6 Å². The van der Waals surface area contributed by atoms with Crippen LogP contribution in [0.3, 0.4) is 0 Å². The summed E-state index contributed by atoms with van der Waals surface area (Å²) in [6, 6.07) is 23.1. The van der Waals surface area contributed by atoms with Crippen LogP contribution in [-0.4, -0.2) is 38.4 Å². The molecule has 2 N–H and O–H groups in total. The summed E-state index contributed by atoms with van der Waals surface area (Å²) in [6.07, 6.45) is 1.39. The fourth-order valence-electron chi connectivity index (χ4n) is 3.82. The van der Waals surface area contributed by atoms with Crippen molar-refractivity contribution in [1.82, 2.24) is 5.43 Å². The Kier molecular flexibility index (Phi) is 10.9. The summed E-state index contributed by atoms with van der Waals surface area (Å²) in [5.41, 5.74) is 4.73. The normalized spacial score (nSPS) is 10.7. The van der Waals surface area contributed by atoms with Crippen molar-refractivity contribution in [3.63, 3.8) is 0 Å². The minimum absolute atomic E-state index is 0.151. The van der Waals surface area contributed by atoms with Crippen LogP contribution in [0.5, 0.6) is 23.0 Å². The van der Waals surface area contributed by atoms with Gasteiger partial charge in [-0.3, -0.25) is 9.59 Å². The van der Waals surface area contributed by atoms with Gasteiger partial charge in [-0.2, -0.15) is 5.10 Å². The lowest BCUT2D eigenvalue weighted by molar-refractivity contribution is -0.118. The van der Waals surface area contributed by atoms with E-state index in [4.69, 9.17) is 30.5 Å².